The second kappa shape index (κ2) is 3.52. The normalized spacial score (nSPS) is 17.1. The van der Waals surface area contributed by atoms with Gasteiger partial charge in [0.1, 0.15) is 5.82 Å². The lowest BCUT2D eigenvalue weighted by molar-refractivity contribution is 0.439. The molecule has 0 radical (unpaired) electrons. The third-order valence-electron chi connectivity index (χ3n) is 2.78. The van der Waals surface area contributed by atoms with Crippen LogP contribution in [0.3, 0.4) is 0 Å². The zero-order valence-electron chi connectivity index (χ0n) is 8.83. The Morgan fingerprint density at radius 1 is 1.57 bits per heavy atom. The SMILES string of the molecule is CC(C)n1c(N)cnc1NC1CCC1. The van der Waals surface area contributed by atoms with Crippen LogP contribution in [0, 0.1) is 0 Å². The van der Waals surface area contributed by atoms with Crippen LogP contribution < -0.4 is 11.1 Å². The van der Waals surface area contributed by atoms with Gasteiger partial charge in [-0.05, 0) is 33.1 Å². The van der Waals surface area contributed by atoms with E-state index in [-0.39, 0.29) is 0 Å². The van der Waals surface area contributed by atoms with Crippen LogP contribution in [-0.2, 0) is 0 Å². The fraction of sp³-hybridized carbons (Fsp3) is 0.700. The van der Waals surface area contributed by atoms with Gasteiger partial charge in [0.2, 0.25) is 5.95 Å². The van der Waals surface area contributed by atoms with Crippen molar-refractivity contribution in [3.05, 3.63) is 6.20 Å². The number of nitrogens with two attached hydrogens (primary N) is 1. The molecule has 1 aliphatic rings. The van der Waals surface area contributed by atoms with Crippen molar-refractivity contribution in [3.63, 3.8) is 0 Å². The Hall–Kier alpha value is -1.19. The van der Waals surface area contributed by atoms with Gasteiger partial charge in [0.05, 0.1) is 6.20 Å². The minimum absolute atomic E-state index is 0.361. The van der Waals surface area contributed by atoms with Crippen LogP contribution in [0.15, 0.2) is 6.20 Å². The summed E-state index contributed by atoms with van der Waals surface area (Å²) >= 11 is 0. The van der Waals surface area contributed by atoms with Crippen molar-refractivity contribution in [2.75, 3.05) is 11.1 Å². The summed E-state index contributed by atoms with van der Waals surface area (Å²) < 4.78 is 2.04. The Labute approximate surface area is 84.5 Å². The van der Waals surface area contributed by atoms with Gasteiger partial charge >= 0.3 is 0 Å². The zero-order valence-corrected chi connectivity index (χ0v) is 8.83. The maximum atomic E-state index is 5.84. The van der Waals surface area contributed by atoms with Crippen LogP contribution >= 0.6 is 0 Å². The highest BCUT2D eigenvalue weighted by Gasteiger charge is 2.20. The molecule has 2 rings (SSSR count). The highest BCUT2D eigenvalue weighted by Crippen LogP contribution is 2.25. The molecular formula is C10H18N4. The van der Waals surface area contributed by atoms with Crippen LogP contribution in [0.25, 0.3) is 0 Å². The molecular weight excluding hydrogens is 176 g/mol. The predicted octanol–water partition coefficient (Wildman–Crippen LogP) is 2.01. The second-order valence-electron chi connectivity index (χ2n) is 4.24. The lowest BCUT2D eigenvalue weighted by Crippen LogP contribution is -2.29. The molecule has 1 aromatic rings. The molecule has 0 aromatic carbocycles. The molecule has 0 spiro atoms. The first-order chi connectivity index (χ1) is 6.68. The Bertz CT molecular complexity index is 312. The molecule has 78 valence electrons. The third kappa shape index (κ3) is 1.56. The lowest BCUT2D eigenvalue weighted by atomic mass is 9.93. The molecule has 0 aliphatic heterocycles. The van der Waals surface area contributed by atoms with E-state index in [0.29, 0.717) is 12.1 Å². The molecule has 4 heteroatoms. The van der Waals surface area contributed by atoms with Crippen LogP contribution in [0.1, 0.15) is 39.2 Å². The van der Waals surface area contributed by atoms with E-state index in [9.17, 15) is 0 Å². The van der Waals surface area contributed by atoms with Gasteiger partial charge < -0.3 is 11.1 Å². The third-order valence-corrected chi connectivity index (χ3v) is 2.78. The predicted molar refractivity (Wildman–Crippen MR) is 58.3 cm³/mol. The molecule has 0 unspecified atom stereocenters. The van der Waals surface area contributed by atoms with E-state index >= 15 is 0 Å². The molecule has 1 aromatic heterocycles. The summed E-state index contributed by atoms with van der Waals surface area (Å²) in [5.41, 5.74) is 5.84. The number of rotatable bonds is 3. The molecule has 3 N–H and O–H groups in total. The van der Waals surface area contributed by atoms with Gasteiger partial charge in [0.15, 0.2) is 0 Å². The molecule has 0 bridgehead atoms. The topological polar surface area (TPSA) is 55.9 Å². The van der Waals surface area contributed by atoms with E-state index in [0.717, 1.165) is 11.8 Å². The van der Waals surface area contributed by atoms with Crippen LogP contribution in [0.4, 0.5) is 11.8 Å². The number of aromatic nitrogens is 2. The average molecular weight is 194 g/mol. The number of nitrogens with zero attached hydrogens (tertiary/aromatic N) is 2. The quantitative estimate of drug-likeness (QED) is 0.774. The summed E-state index contributed by atoms with van der Waals surface area (Å²) in [6.45, 7) is 4.23. The van der Waals surface area contributed by atoms with Gasteiger partial charge in [-0.2, -0.15) is 0 Å². The molecule has 14 heavy (non-hydrogen) atoms. The van der Waals surface area contributed by atoms with Crippen LogP contribution in [-0.4, -0.2) is 15.6 Å². The molecule has 1 fully saturated rings. The number of imidazole rings is 1. The minimum Gasteiger partial charge on any atom is -0.384 e. The maximum absolute atomic E-state index is 5.84. The summed E-state index contributed by atoms with van der Waals surface area (Å²) in [5, 5.41) is 3.42. The Morgan fingerprint density at radius 3 is 2.79 bits per heavy atom. The van der Waals surface area contributed by atoms with Crippen molar-refractivity contribution in [2.45, 2.75) is 45.2 Å². The molecule has 1 saturated carbocycles. The van der Waals surface area contributed by atoms with Crippen LogP contribution in [0.2, 0.25) is 0 Å². The summed E-state index contributed by atoms with van der Waals surface area (Å²) in [4.78, 5) is 4.29. The Kier molecular flexibility index (Phi) is 2.35. The summed E-state index contributed by atoms with van der Waals surface area (Å²) in [7, 11) is 0. The van der Waals surface area contributed by atoms with Crippen molar-refractivity contribution in [2.24, 2.45) is 0 Å². The van der Waals surface area contributed by atoms with Crippen LogP contribution in [0.5, 0.6) is 0 Å². The van der Waals surface area contributed by atoms with Gasteiger partial charge in [0.25, 0.3) is 0 Å². The fourth-order valence-electron chi connectivity index (χ4n) is 1.76. The maximum Gasteiger partial charge on any atom is 0.204 e. The largest absolute Gasteiger partial charge is 0.384 e. The van der Waals surface area contributed by atoms with E-state index in [2.05, 4.69) is 24.1 Å². The smallest absolute Gasteiger partial charge is 0.204 e. The average Bonchev–Trinajstić information content (AvgIpc) is 2.39. The molecule has 1 heterocycles. The Morgan fingerprint density at radius 2 is 2.29 bits per heavy atom. The van der Waals surface area contributed by atoms with E-state index in [1.54, 1.807) is 6.20 Å². The van der Waals surface area contributed by atoms with Crippen molar-refractivity contribution in [3.8, 4) is 0 Å². The summed E-state index contributed by atoms with van der Waals surface area (Å²) in [6.07, 6.45) is 5.56. The number of nitrogens with one attached hydrogen (secondary N) is 1. The number of hydrogen-bond acceptors (Lipinski definition) is 3. The highest BCUT2D eigenvalue weighted by atomic mass is 15.3. The molecule has 0 amide bonds. The van der Waals surface area contributed by atoms with Crippen molar-refractivity contribution < 1.29 is 0 Å². The van der Waals surface area contributed by atoms with Gasteiger partial charge in [-0.3, -0.25) is 4.57 Å². The highest BCUT2D eigenvalue weighted by molar-refractivity contribution is 5.41. The number of anilines is 2. The van der Waals surface area contributed by atoms with Crippen molar-refractivity contribution >= 4 is 11.8 Å². The summed E-state index contributed by atoms with van der Waals surface area (Å²) in [5.74, 6) is 1.66. The lowest BCUT2D eigenvalue weighted by Gasteiger charge is -2.27. The van der Waals surface area contributed by atoms with Crippen molar-refractivity contribution in [1.29, 1.82) is 0 Å². The molecule has 4 nitrogen and oxygen atoms in total. The molecule has 1 aliphatic carbocycles. The van der Waals surface area contributed by atoms with E-state index in [1.165, 1.54) is 19.3 Å². The van der Waals surface area contributed by atoms with Gasteiger partial charge in [-0.25, -0.2) is 4.98 Å². The number of hydrogen-bond donors (Lipinski definition) is 2. The van der Waals surface area contributed by atoms with Crippen molar-refractivity contribution in [1.82, 2.24) is 9.55 Å². The zero-order chi connectivity index (χ0) is 10.1. The van der Waals surface area contributed by atoms with E-state index < -0.39 is 0 Å². The fourth-order valence-corrected chi connectivity index (χ4v) is 1.76. The van der Waals surface area contributed by atoms with Gasteiger partial charge in [-0.1, -0.05) is 0 Å². The van der Waals surface area contributed by atoms with Gasteiger partial charge in [0, 0.05) is 12.1 Å². The van der Waals surface area contributed by atoms with E-state index in [4.69, 9.17) is 5.73 Å². The van der Waals surface area contributed by atoms with Gasteiger partial charge in [-0.15, -0.1) is 0 Å². The minimum atomic E-state index is 0.361. The first-order valence-electron chi connectivity index (χ1n) is 5.27. The summed E-state index contributed by atoms with van der Waals surface area (Å²) in [6, 6.07) is 0.967. The standard InChI is InChI=1S/C10H18N4/c1-7(2)14-9(11)6-12-10(14)13-8-4-3-5-8/h6-8H,3-5,11H2,1-2H3,(H,12,13). The molecule has 0 atom stereocenters. The number of nitrogen functional groups attached to an aromatic ring is 1. The second-order valence-corrected chi connectivity index (χ2v) is 4.24. The molecule has 0 saturated heterocycles. The van der Waals surface area contributed by atoms with E-state index in [1.807, 2.05) is 4.57 Å². The Balaban J connectivity index is 2.15. The first-order valence-corrected chi connectivity index (χ1v) is 5.27. The first kappa shape index (κ1) is 9.37. The monoisotopic (exact) mass is 194 g/mol.